The summed E-state index contributed by atoms with van der Waals surface area (Å²) in [6.45, 7) is 0. The Morgan fingerprint density at radius 3 is 2.48 bits per heavy atom. The molecular formula is C13H18N6O2. The van der Waals surface area contributed by atoms with E-state index in [1.54, 1.807) is 7.05 Å². The Bertz CT molecular complexity index is 788. The number of hydrogen-bond acceptors (Lipinski definition) is 6. The molecule has 1 fully saturated rings. The molecule has 2 heterocycles. The minimum absolute atomic E-state index is 0.105. The van der Waals surface area contributed by atoms with E-state index in [1.807, 2.05) is 0 Å². The highest BCUT2D eigenvalue weighted by atomic mass is 16.2. The monoisotopic (exact) mass is 290 g/mol. The molecule has 0 atom stereocenters. The van der Waals surface area contributed by atoms with Gasteiger partial charge in [-0.3, -0.25) is 13.9 Å². The van der Waals surface area contributed by atoms with Crippen molar-refractivity contribution in [3.8, 4) is 0 Å². The molecule has 0 radical (unpaired) electrons. The first-order valence-electron chi connectivity index (χ1n) is 7.15. The Balaban J connectivity index is 2.03. The molecule has 0 saturated heterocycles. The van der Waals surface area contributed by atoms with E-state index in [4.69, 9.17) is 0 Å². The second kappa shape index (κ2) is 5.27. The average molecular weight is 290 g/mol. The highest BCUT2D eigenvalue weighted by molar-refractivity contribution is 5.69. The molecule has 1 aliphatic rings. The maximum Gasteiger partial charge on any atom is 0.332 e. The Hall–Kier alpha value is -2.25. The van der Waals surface area contributed by atoms with Gasteiger partial charge in [-0.05, 0) is 12.8 Å². The smallest absolute Gasteiger partial charge is 0.332 e. The quantitative estimate of drug-likeness (QED) is 0.847. The van der Waals surface area contributed by atoms with Gasteiger partial charge in [-0.2, -0.15) is 4.98 Å². The van der Waals surface area contributed by atoms with Crippen molar-refractivity contribution in [2.75, 3.05) is 5.32 Å². The number of aromatic nitrogens is 5. The molecule has 8 heteroatoms. The van der Waals surface area contributed by atoms with Crippen LogP contribution in [0.3, 0.4) is 0 Å². The van der Waals surface area contributed by atoms with Crippen molar-refractivity contribution < 1.29 is 0 Å². The molecule has 2 aromatic rings. The second-order valence-corrected chi connectivity index (χ2v) is 5.49. The number of nitrogens with zero attached hydrogens (tertiary/aromatic N) is 5. The van der Waals surface area contributed by atoms with Crippen LogP contribution in [0.15, 0.2) is 9.59 Å². The van der Waals surface area contributed by atoms with Crippen LogP contribution < -0.4 is 16.6 Å². The topological polar surface area (TPSA) is 94.7 Å². The van der Waals surface area contributed by atoms with Crippen LogP contribution >= 0.6 is 0 Å². The first-order valence-corrected chi connectivity index (χ1v) is 7.15. The van der Waals surface area contributed by atoms with Crippen LogP contribution in [0.4, 0.5) is 5.95 Å². The third kappa shape index (κ3) is 2.41. The number of hydrogen-bond donors (Lipinski definition) is 1. The van der Waals surface area contributed by atoms with Gasteiger partial charge in [0.1, 0.15) is 0 Å². The van der Waals surface area contributed by atoms with Gasteiger partial charge < -0.3 is 5.32 Å². The number of nitrogens with one attached hydrogen (secondary N) is 1. The fourth-order valence-electron chi connectivity index (χ4n) is 2.74. The molecule has 112 valence electrons. The van der Waals surface area contributed by atoms with E-state index in [2.05, 4.69) is 20.5 Å². The van der Waals surface area contributed by atoms with E-state index >= 15 is 0 Å². The predicted molar refractivity (Wildman–Crippen MR) is 78.3 cm³/mol. The summed E-state index contributed by atoms with van der Waals surface area (Å²) >= 11 is 0. The summed E-state index contributed by atoms with van der Waals surface area (Å²) in [5.74, 6) is 0.373. The molecule has 0 bridgehead atoms. The molecule has 0 amide bonds. The number of aryl methyl sites for hydroxylation is 1. The lowest BCUT2D eigenvalue weighted by Gasteiger charge is -2.22. The van der Waals surface area contributed by atoms with Crippen molar-refractivity contribution in [3.63, 3.8) is 0 Å². The summed E-state index contributed by atoms with van der Waals surface area (Å²) in [6, 6.07) is 0.335. The third-order valence-electron chi connectivity index (χ3n) is 4.01. The lowest BCUT2D eigenvalue weighted by Crippen LogP contribution is -2.38. The lowest BCUT2D eigenvalue weighted by atomic mass is 9.96. The van der Waals surface area contributed by atoms with Gasteiger partial charge in [-0.25, -0.2) is 4.79 Å². The minimum Gasteiger partial charge on any atom is -0.350 e. The fourth-order valence-corrected chi connectivity index (χ4v) is 2.74. The van der Waals surface area contributed by atoms with Crippen molar-refractivity contribution in [2.45, 2.75) is 38.1 Å². The van der Waals surface area contributed by atoms with Crippen LogP contribution in [0.5, 0.6) is 0 Å². The van der Waals surface area contributed by atoms with Crippen LogP contribution in [0.25, 0.3) is 11.2 Å². The minimum atomic E-state index is -0.475. The lowest BCUT2D eigenvalue weighted by molar-refractivity contribution is 0.460. The van der Waals surface area contributed by atoms with Crippen molar-refractivity contribution in [3.05, 3.63) is 20.8 Å². The van der Waals surface area contributed by atoms with Crippen molar-refractivity contribution in [1.29, 1.82) is 0 Å². The number of anilines is 1. The SMILES string of the molecule is Cn1c(=O)c2nnc(NC3CCCCC3)nc2n(C)c1=O. The first kappa shape index (κ1) is 13.7. The fraction of sp³-hybridized carbons (Fsp3) is 0.615. The molecule has 3 rings (SSSR count). The normalized spacial score (nSPS) is 16.3. The summed E-state index contributed by atoms with van der Waals surface area (Å²) < 4.78 is 2.32. The standard InChI is InChI=1S/C13H18N6O2/c1-18-10-9(11(20)19(2)13(18)21)16-17-12(15-10)14-8-6-4-3-5-7-8/h8H,3-7H2,1-2H3,(H,14,15,17). The maximum atomic E-state index is 12.0. The van der Waals surface area contributed by atoms with E-state index < -0.39 is 11.2 Å². The van der Waals surface area contributed by atoms with E-state index in [9.17, 15) is 9.59 Å². The zero-order chi connectivity index (χ0) is 15.0. The number of rotatable bonds is 2. The summed E-state index contributed by atoms with van der Waals surface area (Å²) in [5, 5.41) is 11.2. The van der Waals surface area contributed by atoms with Gasteiger partial charge in [-0.15, -0.1) is 10.2 Å². The van der Waals surface area contributed by atoms with Gasteiger partial charge in [-0.1, -0.05) is 19.3 Å². The molecule has 0 aliphatic heterocycles. The van der Waals surface area contributed by atoms with E-state index in [1.165, 1.54) is 30.9 Å². The molecule has 1 N–H and O–H groups in total. The van der Waals surface area contributed by atoms with Crippen LogP contribution in [0, 0.1) is 0 Å². The summed E-state index contributed by atoms with van der Waals surface area (Å²) in [4.78, 5) is 28.2. The molecule has 21 heavy (non-hydrogen) atoms. The van der Waals surface area contributed by atoms with Crippen LogP contribution in [-0.2, 0) is 14.1 Å². The molecule has 0 unspecified atom stereocenters. The van der Waals surface area contributed by atoms with E-state index in [0.29, 0.717) is 12.0 Å². The number of fused-ring (bicyclic) bond motifs is 1. The van der Waals surface area contributed by atoms with Gasteiger partial charge in [0, 0.05) is 20.1 Å². The Labute approximate surface area is 120 Å². The summed E-state index contributed by atoms with van der Waals surface area (Å²) in [5.41, 5.74) is -0.529. The molecule has 0 spiro atoms. The first-order chi connectivity index (χ1) is 10.1. The van der Waals surface area contributed by atoms with Crippen LogP contribution in [0.2, 0.25) is 0 Å². The molecule has 1 saturated carbocycles. The summed E-state index contributed by atoms with van der Waals surface area (Å²) in [7, 11) is 2.99. The van der Waals surface area contributed by atoms with Crippen molar-refractivity contribution in [1.82, 2.24) is 24.3 Å². The van der Waals surface area contributed by atoms with Crippen LogP contribution in [0.1, 0.15) is 32.1 Å². The summed E-state index contributed by atoms with van der Waals surface area (Å²) in [6.07, 6.45) is 5.81. The molecule has 1 aliphatic carbocycles. The molecular weight excluding hydrogens is 272 g/mol. The van der Waals surface area contributed by atoms with E-state index in [0.717, 1.165) is 17.4 Å². The van der Waals surface area contributed by atoms with Gasteiger partial charge in [0.25, 0.3) is 5.56 Å². The Morgan fingerprint density at radius 1 is 1.05 bits per heavy atom. The molecule has 2 aromatic heterocycles. The van der Waals surface area contributed by atoms with Gasteiger partial charge in [0.05, 0.1) is 0 Å². The third-order valence-corrected chi connectivity index (χ3v) is 4.01. The largest absolute Gasteiger partial charge is 0.350 e. The zero-order valence-electron chi connectivity index (χ0n) is 12.2. The maximum absolute atomic E-state index is 12.0. The molecule has 8 nitrogen and oxygen atoms in total. The second-order valence-electron chi connectivity index (χ2n) is 5.49. The van der Waals surface area contributed by atoms with Crippen LogP contribution in [-0.4, -0.2) is 30.4 Å². The average Bonchev–Trinajstić information content (AvgIpc) is 2.52. The Morgan fingerprint density at radius 2 is 1.76 bits per heavy atom. The Kier molecular flexibility index (Phi) is 3.44. The highest BCUT2D eigenvalue weighted by Gasteiger charge is 2.16. The van der Waals surface area contributed by atoms with Crippen molar-refractivity contribution in [2.24, 2.45) is 14.1 Å². The zero-order valence-corrected chi connectivity index (χ0v) is 12.2. The van der Waals surface area contributed by atoms with E-state index in [-0.39, 0.29) is 11.2 Å². The molecule has 0 aromatic carbocycles. The predicted octanol–water partition coefficient (Wildman–Crippen LogP) is 0.167. The van der Waals surface area contributed by atoms with Crippen molar-refractivity contribution >= 4 is 17.1 Å². The van der Waals surface area contributed by atoms with Gasteiger partial charge in [0.2, 0.25) is 5.95 Å². The van der Waals surface area contributed by atoms with Gasteiger partial charge >= 0.3 is 5.69 Å². The van der Waals surface area contributed by atoms with Gasteiger partial charge in [0.15, 0.2) is 11.2 Å². The highest BCUT2D eigenvalue weighted by Crippen LogP contribution is 2.20.